The Labute approximate surface area is 245 Å². The quantitative estimate of drug-likeness (QED) is 0.288. The number of nitrogens with one attached hydrogen (secondary N) is 2. The number of sulfonamides is 1. The molecule has 0 aliphatic carbocycles. The first-order valence-electron chi connectivity index (χ1n) is 14.3. The van der Waals surface area contributed by atoms with Crippen molar-refractivity contribution in [1.82, 2.24) is 14.5 Å². The summed E-state index contributed by atoms with van der Waals surface area (Å²) in [5, 5.41) is 7.80. The van der Waals surface area contributed by atoms with Gasteiger partial charge in [0.15, 0.2) is 0 Å². The van der Waals surface area contributed by atoms with Crippen LogP contribution in [0.25, 0.3) is 0 Å². The van der Waals surface area contributed by atoms with Gasteiger partial charge in [-0.1, -0.05) is 71.9 Å². The normalized spacial score (nSPS) is 15.1. The van der Waals surface area contributed by atoms with E-state index in [0.29, 0.717) is 37.3 Å². The van der Waals surface area contributed by atoms with Gasteiger partial charge in [-0.2, -0.15) is 4.72 Å². The van der Waals surface area contributed by atoms with Crippen LogP contribution in [0.1, 0.15) is 94.0 Å². The molecule has 1 saturated heterocycles. The minimum Gasteiger partial charge on any atom is -0.384 e. The molecule has 0 saturated carbocycles. The number of amides is 2. The molecule has 224 valence electrons. The second-order valence-electron chi connectivity index (χ2n) is 11.8. The molecule has 2 amide bonds. The number of hydrogen-bond acceptors (Lipinski definition) is 5. The monoisotopic (exact) mass is 583 g/mol. The van der Waals surface area contributed by atoms with E-state index < -0.39 is 16.1 Å². The Morgan fingerprint density at radius 2 is 1.44 bits per heavy atom. The lowest BCUT2D eigenvalue weighted by molar-refractivity contribution is -0.139. The molecular weight excluding hydrogens is 538 g/mol. The van der Waals surface area contributed by atoms with Crippen LogP contribution in [0.3, 0.4) is 0 Å². The number of hydrogen-bond donors (Lipinski definition) is 3. The highest BCUT2D eigenvalue weighted by molar-refractivity contribution is 7.89. The van der Waals surface area contributed by atoms with Crippen molar-refractivity contribution in [2.75, 3.05) is 26.2 Å². The topological polar surface area (TPSA) is 137 Å². The van der Waals surface area contributed by atoms with Crippen molar-refractivity contribution in [3.05, 3.63) is 64.2 Å². The van der Waals surface area contributed by atoms with E-state index in [1.54, 1.807) is 34.1 Å². The van der Waals surface area contributed by atoms with Crippen molar-refractivity contribution in [1.29, 1.82) is 5.41 Å². The highest BCUT2D eigenvalue weighted by Crippen LogP contribution is 2.35. The van der Waals surface area contributed by atoms with Gasteiger partial charge in [0.2, 0.25) is 21.8 Å². The molecule has 41 heavy (non-hydrogen) atoms. The zero-order valence-corrected chi connectivity index (χ0v) is 26.1. The van der Waals surface area contributed by atoms with Crippen LogP contribution in [-0.4, -0.2) is 68.1 Å². The van der Waals surface area contributed by atoms with E-state index in [2.05, 4.69) is 18.6 Å². The Kier molecular flexibility index (Phi) is 10.4. The van der Waals surface area contributed by atoms with Gasteiger partial charge in [0.25, 0.3) is 0 Å². The molecule has 0 spiro atoms. The highest BCUT2D eigenvalue weighted by atomic mass is 32.2. The lowest BCUT2D eigenvalue weighted by Crippen LogP contribution is -2.56. The zero-order valence-electron chi connectivity index (χ0n) is 25.3. The van der Waals surface area contributed by atoms with E-state index in [9.17, 15) is 18.0 Å². The van der Waals surface area contributed by atoms with E-state index in [4.69, 9.17) is 11.1 Å². The average Bonchev–Trinajstić information content (AvgIpc) is 2.91. The number of rotatable bonds is 10. The van der Waals surface area contributed by atoms with E-state index in [1.807, 2.05) is 39.8 Å². The van der Waals surface area contributed by atoms with Crippen LogP contribution in [0.5, 0.6) is 0 Å². The van der Waals surface area contributed by atoms with Crippen molar-refractivity contribution in [3.8, 4) is 0 Å². The first-order chi connectivity index (χ1) is 19.1. The maximum Gasteiger partial charge on any atom is 0.241 e. The number of carbonyl (C=O) groups is 2. The number of nitrogen functional groups attached to an aromatic ring is 1. The summed E-state index contributed by atoms with van der Waals surface area (Å²) >= 11 is 0. The lowest BCUT2D eigenvalue weighted by atomic mass is 9.89. The minimum absolute atomic E-state index is 0.0531. The van der Waals surface area contributed by atoms with E-state index in [0.717, 1.165) is 16.7 Å². The van der Waals surface area contributed by atoms with Crippen LogP contribution < -0.4 is 10.5 Å². The molecular formula is C31H45N5O4S. The summed E-state index contributed by atoms with van der Waals surface area (Å²) in [6.07, 6.45) is 0.0875. The minimum atomic E-state index is -4.14. The number of benzene rings is 2. The van der Waals surface area contributed by atoms with Crippen LogP contribution in [0, 0.1) is 5.41 Å². The second-order valence-corrected chi connectivity index (χ2v) is 13.5. The summed E-state index contributed by atoms with van der Waals surface area (Å²) in [5.74, 6) is -0.392. The van der Waals surface area contributed by atoms with Crippen LogP contribution in [0.15, 0.2) is 41.3 Å². The molecule has 2 aromatic carbocycles. The molecule has 1 fully saturated rings. The maximum absolute atomic E-state index is 14.3. The average molecular weight is 584 g/mol. The summed E-state index contributed by atoms with van der Waals surface area (Å²) in [4.78, 5) is 29.3. The second kappa shape index (κ2) is 13.2. The summed E-state index contributed by atoms with van der Waals surface area (Å²) < 4.78 is 31.4. The van der Waals surface area contributed by atoms with Gasteiger partial charge in [0.1, 0.15) is 11.9 Å². The predicted octanol–water partition coefficient (Wildman–Crippen LogP) is 3.92. The number of nitrogens with two attached hydrogens (primary N) is 1. The molecule has 9 nitrogen and oxygen atoms in total. The lowest BCUT2D eigenvalue weighted by Gasteiger charge is -2.36. The Balaban J connectivity index is 2.07. The fourth-order valence-corrected chi connectivity index (χ4v) is 7.08. The summed E-state index contributed by atoms with van der Waals surface area (Å²) in [6, 6.07) is 9.82. The third kappa shape index (κ3) is 7.74. The fourth-order valence-electron chi connectivity index (χ4n) is 5.19. The highest BCUT2D eigenvalue weighted by Gasteiger charge is 2.34. The molecule has 0 aromatic heterocycles. The first kappa shape index (κ1) is 32.3. The molecule has 2 aromatic rings. The molecule has 0 unspecified atom stereocenters. The van der Waals surface area contributed by atoms with Crippen LogP contribution in [0.4, 0.5) is 0 Å². The summed E-state index contributed by atoms with van der Waals surface area (Å²) in [7, 11) is -4.14. The molecule has 0 radical (unpaired) electrons. The summed E-state index contributed by atoms with van der Waals surface area (Å²) in [6.45, 7) is 15.0. The number of amidine groups is 1. The van der Waals surface area contributed by atoms with E-state index >= 15 is 0 Å². The molecule has 4 N–H and O–H groups in total. The van der Waals surface area contributed by atoms with Gasteiger partial charge in [-0.25, -0.2) is 8.42 Å². The van der Waals surface area contributed by atoms with Crippen molar-refractivity contribution in [2.24, 2.45) is 5.73 Å². The van der Waals surface area contributed by atoms with Crippen LogP contribution >= 0.6 is 0 Å². The predicted molar refractivity (Wildman–Crippen MR) is 163 cm³/mol. The van der Waals surface area contributed by atoms with E-state index in [-0.39, 0.29) is 46.7 Å². The molecule has 0 bridgehead atoms. The SMILES string of the molecule is CC(=O)N1CCN(C(=O)[C@H](Cc2cccc(C(=N)N)c2)NS(=O)(=O)c2c(C(C)C)cc(C(C)C)cc2C(C)C)CC1. The van der Waals surface area contributed by atoms with E-state index in [1.165, 1.54) is 6.92 Å². The van der Waals surface area contributed by atoms with Gasteiger partial charge in [0, 0.05) is 38.7 Å². The van der Waals surface area contributed by atoms with Crippen molar-refractivity contribution in [3.63, 3.8) is 0 Å². The van der Waals surface area contributed by atoms with Crippen LogP contribution in [0.2, 0.25) is 0 Å². The van der Waals surface area contributed by atoms with Crippen molar-refractivity contribution in [2.45, 2.75) is 83.6 Å². The fraction of sp³-hybridized carbons (Fsp3) is 0.516. The molecule has 10 heteroatoms. The Bertz CT molecular complexity index is 1360. The Hall–Kier alpha value is -3.24. The van der Waals surface area contributed by atoms with Crippen molar-refractivity contribution < 1.29 is 18.0 Å². The van der Waals surface area contributed by atoms with Gasteiger partial charge < -0.3 is 15.5 Å². The molecule has 1 atom stereocenters. The third-order valence-electron chi connectivity index (χ3n) is 7.66. The van der Waals surface area contributed by atoms with Gasteiger partial charge in [-0.3, -0.25) is 15.0 Å². The maximum atomic E-state index is 14.3. The van der Waals surface area contributed by atoms with Gasteiger partial charge in [0.05, 0.1) is 4.90 Å². The van der Waals surface area contributed by atoms with Gasteiger partial charge in [-0.05, 0) is 52.5 Å². The van der Waals surface area contributed by atoms with Crippen LogP contribution in [-0.2, 0) is 26.0 Å². The Morgan fingerprint density at radius 1 is 0.902 bits per heavy atom. The van der Waals surface area contributed by atoms with Gasteiger partial charge >= 0.3 is 0 Å². The largest absolute Gasteiger partial charge is 0.384 e. The third-order valence-corrected chi connectivity index (χ3v) is 9.26. The number of piperazine rings is 1. The smallest absolute Gasteiger partial charge is 0.241 e. The summed E-state index contributed by atoms with van der Waals surface area (Å²) in [5.41, 5.74) is 9.41. The Morgan fingerprint density at radius 3 is 1.90 bits per heavy atom. The zero-order chi connectivity index (χ0) is 30.6. The molecule has 1 aliphatic rings. The molecule has 1 aliphatic heterocycles. The number of carbonyl (C=O) groups excluding carboxylic acids is 2. The van der Waals surface area contributed by atoms with Crippen molar-refractivity contribution >= 4 is 27.7 Å². The number of nitrogens with zero attached hydrogens (tertiary/aromatic N) is 2. The molecule has 1 heterocycles. The van der Waals surface area contributed by atoms with Gasteiger partial charge in [-0.15, -0.1) is 0 Å². The standard InChI is InChI=1S/C31H45N5O4S/c1-19(2)25-17-26(20(3)4)29(27(18-25)21(5)6)41(39,40)34-28(16-23-9-8-10-24(15-23)30(32)33)31(38)36-13-11-35(12-14-36)22(7)37/h8-10,15,17-21,28,34H,11-14,16H2,1-7H3,(H3,32,33)/t28-/m0/s1. The first-order valence-corrected chi connectivity index (χ1v) is 15.8. The molecule has 3 rings (SSSR count).